The number of para-hydroxylation sites is 1. The van der Waals surface area contributed by atoms with Gasteiger partial charge in [0, 0.05) is 0 Å². The van der Waals surface area contributed by atoms with Crippen LogP contribution in [-0.4, -0.2) is 11.8 Å². The molecule has 0 aliphatic heterocycles. The molecule has 0 bridgehead atoms. The number of benzene rings is 2. The molecule has 2 aromatic carbocycles. The number of furan rings is 1. The van der Waals surface area contributed by atoms with E-state index < -0.39 is 5.97 Å². The number of aryl methyl sites for hydroxylation is 1. The highest BCUT2D eigenvalue weighted by Gasteiger charge is 2.15. The summed E-state index contributed by atoms with van der Waals surface area (Å²) in [6.07, 6.45) is 4.49. The highest BCUT2D eigenvalue weighted by Crippen LogP contribution is 2.21. The number of ether oxygens (including phenoxy) is 1. The van der Waals surface area contributed by atoms with Crippen LogP contribution < -0.4 is 4.74 Å². The standard InChI is InChI=1S/C21H16O4/c1-15-7-2-3-9-17(15)21(23)25-20-11-5-4-10-18(20)19(22)13-12-16-8-6-14-24-16/h2-14H,1H3/b13-12+. The van der Waals surface area contributed by atoms with Crippen molar-refractivity contribution in [2.75, 3.05) is 0 Å². The third kappa shape index (κ3) is 3.93. The van der Waals surface area contributed by atoms with Gasteiger partial charge in [-0.05, 0) is 55.0 Å². The van der Waals surface area contributed by atoms with Crippen LogP contribution in [0.5, 0.6) is 5.75 Å². The van der Waals surface area contributed by atoms with Crippen LogP contribution in [0.2, 0.25) is 0 Å². The predicted octanol–water partition coefficient (Wildman–Crippen LogP) is 4.70. The minimum atomic E-state index is -0.492. The molecule has 4 heteroatoms. The fourth-order valence-corrected chi connectivity index (χ4v) is 2.35. The van der Waals surface area contributed by atoms with Gasteiger partial charge < -0.3 is 9.15 Å². The fourth-order valence-electron chi connectivity index (χ4n) is 2.35. The molecule has 3 rings (SSSR count). The van der Waals surface area contributed by atoms with Gasteiger partial charge in [-0.15, -0.1) is 0 Å². The summed E-state index contributed by atoms with van der Waals surface area (Å²) in [5, 5.41) is 0. The second kappa shape index (κ2) is 7.45. The molecule has 1 aromatic heterocycles. The number of ketones is 1. The Kier molecular flexibility index (Phi) is 4.90. The average molecular weight is 332 g/mol. The molecule has 4 nitrogen and oxygen atoms in total. The molecule has 0 saturated heterocycles. The lowest BCUT2D eigenvalue weighted by atomic mass is 10.1. The Bertz CT molecular complexity index is 921. The van der Waals surface area contributed by atoms with Crippen LogP contribution in [0.4, 0.5) is 0 Å². The van der Waals surface area contributed by atoms with E-state index >= 15 is 0 Å². The second-order valence-electron chi connectivity index (χ2n) is 5.41. The molecule has 124 valence electrons. The zero-order valence-electron chi connectivity index (χ0n) is 13.6. The molecule has 1 heterocycles. The average Bonchev–Trinajstić information content (AvgIpc) is 3.14. The Hall–Kier alpha value is -3.40. The minimum Gasteiger partial charge on any atom is -0.465 e. The van der Waals surface area contributed by atoms with Crippen LogP contribution in [0.1, 0.15) is 32.0 Å². The third-order valence-electron chi connectivity index (χ3n) is 3.66. The first-order valence-corrected chi connectivity index (χ1v) is 7.78. The Morgan fingerprint density at radius 3 is 2.36 bits per heavy atom. The highest BCUT2D eigenvalue weighted by atomic mass is 16.5. The van der Waals surface area contributed by atoms with Gasteiger partial charge in [-0.1, -0.05) is 30.3 Å². The molecule has 0 saturated carbocycles. The summed E-state index contributed by atoms with van der Waals surface area (Å²) in [5.74, 6) is 0.0329. The molecule has 0 amide bonds. The van der Waals surface area contributed by atoms with E-state index in [1.54, 1.807) is 54.6 Å². The molecule has 0 aliphatic rings. The maximum absolute atomic E-state index is 12.4. The topological polar surface area (TPSA) is 56.5 Å². The molecule has 0 aliphatic carbocycles. The zero-order chi connectivity index (χ0) is 17.6. The molecular weight excluding hydrogens is 316 g/mol. The third-order valence-corrected chi connectivity index (χ3v) is 3.66. The maximum Gasteiger partial charge on any atom is 0.343 e. The molecular formula is C21H16O4. The smallest absolute Gasteiger partial charge is 0.343 e. The van der Waals surface area contributed by atoms with E-state index in [2.05, 4.69) is 0 Å². The minimum absolute atomic E-state index is 0.227. The Balaban J connectivity index is 1.82. The van der Waals surface area contributed by atoms with Crippen molar-refractivity contribution in [1.82, 2.24) is 0 Å². The lowest BCUT2D eigenvalue weighted by Gasteiger charge is -2.09. The van der Waals surface area contributed by atoms with Crippen molar-refractivity contribution in [3.05, 3.63) is 95.5 Å². The quantitative estimate of drug-likeness (QED) is 0.294. The molecule has 0 spiro atoms. The van der Waals surface area contributed by atoms with E-state index in [1.807, 2.05) is 19.1 Å². The van der Waals surface area contributed by atoms with E-state index in [4.69, 9.17) is 9.15 Å². The molecule has 0 radical (unpaired) electrons. The Morgan fingerprint density at radius 2 is 1.64 bits per heavy atom. The molecule has 0 atom stereocenters. The van der Waals surface area contributed by atoms with Crippen molar-refractivity contribution in [2.24, 2.45) is 0 Å². The number of allylic oxidation sites excluding steroid dienone is 1. The first-order valence-electron chi connectivity index (χ1n) is 7.78. The largest absolute Gasteiger partial charge is 0.465 e. The summed E-state index contributed by atoms with van der Waals surface area (Å²) in [6.45, 7) is 1.83. The van der Waals surface area contributed by atoms with E-state index in [-0.39, 0.29) is 11.5 Å². The van der Waals surface area contributed by atoms with Crippen molar-refractivity contribution in [3.63, 3.8) is 0 Å². The summed E-state index contributed by atoms with van der Waals surface area (Å²) >= 11 is 0. The molecule has 3 aromatic rings. The van der Waals surface area contributed by atoms with Gasteiger partial charge in [0.2, 0.25) is 0 Å². The van der Waals surface area contributed by atoms with Crippen molar-refractivity contribution in [1.29, 1.82) is 0 Å². The second-order valence-corrected chi connectivity index (χ2v) is 5.41. The molecule has 25 heavy (non-hydrogen) atoms. The monoisotopic (exact) mass is 332 g/mol. The molecule has 0 fully saturated rings. The van der Waals surface area contributed by atoms with Gasteiger partial charge in [0.25, 0.3) is 0 Å². The van der Waals surface area contributed by atoms with Gasteiger partial charge in [-0.3, -0.25) is 4.79 Å². The number of rotatable bonds is 5. The van der Waals surface area contributed by atoms with Crippen LogP contribution in [-0.2, 0) is 0 Å². The first-order chi connectivity index (χ1) is 12.1. The Labute approximate surface area is 145 Å². The van der Waals surface area contributed by atoms with E-state index in [0.717, 1.165) is 5.56 Å². The van der Waals surface area contributed by atoms with Crippen LogP contribution >= 0.6 is 0 Å². The first kappa shape index (κ1) is 16.5. The molecule has 0 unspecified atom stereocenters. The predicted molar refractivity (Wildman–Crippen MR) is 94.7 cm³/mol. The van der Waals surface area contributed by atoms with Crippen LogP contribution in [0.15, 0.2) is 77.4 Å². The lowest BCUT2D eigenvalue weighted by molar-refractivity contribution is 0.0732. The van der Waals surface area contributed by atoms with Crippen molar-refractivity contribution in [3.8, 4) is 5.75 Å². The van der Waals surface area contributed by atoms with Crippen molar-refractivity contribution >= 4 is 17.8 Å². The van der Waals surface area contributed by atoms with Gasteiger partial charge in [0.15, 0.2) is 5.78 Å². The number of esters is 1. The van der Waals surface area contributed by atoms with E-state index in [1.165, 1.54) is 12.3 Å². The zero-order valence-corrected chi connectivity index (χ0v) is 13.6. The normalized spacial score (nSPS) is 10.8. The lowest BCUT2D eigenvalue weighted by Crippen LogP contribution is -2.12. The fraction of sp³-hybridized carbons (Fsp3) is 0.0476. The maximum atomic E-state index is 12.4. The van der Waals surface area contributed by atoms with Crippen molar-refractivity contribution < 1.29 is 18.7 Å². The summed E-state index contributed by atoms with van der Waals surface area (Å²) in [4.78, 5) is 24.8. The summed E-state index contributed by atoms with van der Waals surface area (Å²) in [7, 11) is 0. The number of hydrogen-bond acceptors (Lipinski definition) is 4. The SMILES string of the molecule is Cc1ccccc1C(=O)Oc1ccccc1C(=O)/C=C/c1ccco1. The molecule has 0 N–H and O–H groups in total. The van der Waals surface area contributed by atoms with Gasteiger partial charge in [-0.25, -0.2) is 4.79 Å². The van der Waals surface area contributed by atoms with Crippen LogP contribution in [0.25, 0.3) is 6.08 Å². The summed E-state index contributed by atoms with van der Waals surface area (Å²) < 4.78 is 10.6. The van der Waals surface area contributed by atoms with Crippen LogP contribution in [0, 0.1) is 6.92 Å². The van der Waals surface area contributed by atoms with Crippen molar-refractivity contribution in [2.45, 2.75) is 6.92 Å². The van der Waals surface area contributed by atoms with Gasteiger partial charge in [0.05, 0.1) is 17.4 Å². The summed E-state index contributed by atoms with van der Waals surface area (Å²) in [5.41, 5.74) is 1.59. The van der Waals surface area contributed by atoms with Gasteiger partial charge in [-0.2, -0.15) is 0 Å². The summed E-state index contributed by atoms with van der Waals surface area (Å²) in [6, 6.07) is 17.3. The number of carbonyl (C=O) groups excluding carboxylic acids is 2. The Morgan fingerprint density at radius 1 is 0.920 bits per heavy atom. The van der Waals surface area contributed by atoms with Gasteiger partial charge in [0.1, 0.15) is 11.5 Å². The highest BCUT2D eigenvalue weighted by molar-refractivity contribution is 6.09. The number of hydrogen-bond donors (Lipinski definition) is 0. The van der Waals surface area contributed by atoms with Crippen LogP contribution in [0.3, 0.4) is 0 Å². The van der Waals surface area contributed by atoms with Gasteiger partial charge >= 0.3 is 5.97 Å². The van der Waals surface area contributed by atoms with E-state index in [0.29, 0.717) is 16.9 Å². The van der Waals surface area contributed by atoms with E-state index in [9.17, 15) is 9.59 Å². The number of carbonyl (C=O) groups is 2.